The van der Waals surface area contributed by atoms with E-state index in [0.29, 0.717) is 22.1 Å². The summed E-state index contributed by atoms with van der Waals surface area (Å²) >= 11 is 4.60. The zero-order chi connectivity index (χ0) is 18.5. The Bertz CT molecular complexity index is 933. The minimum absolute atomic E-state index is 0.127. The molecule has 0 bridgehead atoms. The Kier molecular flexibility index (Phi) is 5.75. The summed E-state index contributed by atoms with van der Waals surface area (Å²) in [4.78, 5) is 24.0. The standard InChI is InChI=1S/C18H14BrNO5S/c1-23-18(22)14-7-8-26-17(14)20-16(21)15-6-5-13(25-15)10-24-12-4-2-3-11(19)9-12/h2-9H,10H2,1H3,(H,20,21). The van der Waals surface area contributed by atoms with Gasteiger partial charge in [0.15, 0.2) is 5.76 Å². The number of carbonyl (C=O) groups is 2. The van der Waals surface area contributed by atoms with Crippen LogP contribution in [0.3, 0.4) is 0 Å². The summed E-state index contributed by atoms with van der Waals surface area (Å²) in [5, 5.41) is 4.76. The Balaban J connectivity index is 1.63. The first kappa shape index (κ1) is 18.2. The maximum absolute atomic E-state index is 12.3. The Morgan fingerprint density at radius 3 is 2.85 bits per heavy atom. The number of amides is 1. The van der Waals surface area contributed by atoms with Crippen LogP contribution in [0.5, 0.6) is 5.75 Å². The van der Waals surface area contributed by atoms with Crippen LogP contribution < -0.4 is 10.1 Å². The van der Waals surface area contributed by atoms with Crippen molar-refractivity contribution in [3.63, 3.8) is 0 Å². The van der Waals surface area contributed by atoms with Gasteiger partial charge < -0.3 is 19.2 Å². The molecule has 1 N–H and O–H groups in total. The molecule has 2 heterocycles. The number of halogens is 1. The van der Waals surface area contributed by atoms with E-state index in [4.69, 9.17) is 9.15 Å². The highest BCUT2D eigenvalue weighted by Crippen LogP contribution is 2.25. The zero-order valence-corrected chi connectivity index (χ0v) is 16.1. The summed E-state index contributed by atoms with van der Waals surface area (Å²) in [6.07, 6.45) is 0. The summed E-state index contributed by atoms with van der Waals surface area (Å²) in [5.74, 6) is 0.357. The van der Waals surface area contributed by atoms with Crippen molar-refractivity contribution in [1.29, 1.82) is 0 Å². The molecule has 26 heavy (non-hydrogen) atoms. The van der Waals surface area contributed by atoms with Gasteiger partial charge in [0.25, 0.3) is 5.91 Å². The molecule has 0 atom stereocenters. The number of benzene rings is 1. The number of rotatable bonds is 6. The van der Waals surface area contributed by atoms with Crippen LogP contribution in [0.4, 0.5) is 5.00 Å². The van der Waals surface area contributed by atoms with E-state index >= 15 is 0 Å². The van der Waals surface area contributed by atoms with E-state index < -0.39 is 11.9 Å². The molecule has 0 saturated heterocycles. The highest BCUT2D eigenvalue weighted by atomic mass is 79.9. The van der Waals surface area contributed by atoms with Gasteiger partial charge in [-0.15, -0.1) is 11.3 Å². The predicted molar refractivity (Wildman–Crippen MR) is 101 cm³/mol. The monoisotopic (exact) mass is 435 g/mol. The van der Waals surface area contributed by atoms with Crippen molar-refractivity contribution < 1.29 is 23.5 Å². The van der Waals surface area contributed by atoms with Crippen LogP contribution in [-0.2, 0) is 11.3 Å². The lowest BCUT2D eigenvalue weighted by Gasteiger charge is -2.05. The Morgan fingerprint density at radius 2 is 2.08 bits per heavy atom. The molecule has 0 aliphatic heterocycles. The van der Waals surface area contributed by atoms with Gasteiger partial charge in [0.1, 0.15) is 23.1 Å². The molecule has 3 aromatic rings. The Labute approximate surface area is 161 Å². The van der Waals surface area contributed by atoms with Crippen molar-refractivity contribution in [3.8, 4) is 5.75 Å². The maximum atomic E-state index is 12.3. The number of hydrogen-bond donors (Lipinski definition) is 1. The van der Waals surface area contributed by atoms with Gasteiger partial charge in [-0.25, -0.2) is 4.79 Å². The summed E-state index contributed by atoms with van der Waals surface area (Å²) < 4.78 is 16.7. The molecule has 0 spiro atoms. The molecular weight excluding hydrogens is 422 g/mol. The molecule has 0 aliphatic rings. The van der Waals surface area contributed by atoms with Gasteiger partial charge in [0.05, 0.1) is 12.7 Å². The SMILES string of the molecule is COC(=O)c1ccsc1NC(=O)c1ccc(COc2cccc(Br)c2)o1. The minimum Gasteiger partial charge on any atom is -0.486 e. The Hall–Kier alpha value is -2.58. The second-order valence-corrected chi connectivity index (χ2v) is 6.95. The van der Waals surface area contributed by atoms with Gasteiger partial charge in [0, 0.05) is 4.47 Å². The topological polar surface area (TPSA) is 77.8 Å². The molecule has 6 nitrogen and oxygen atoms in total. The maximum Gasteiger partial charge on any atom is 0.340 e. The molecule has 1 aromatic carbocycles. The van der Waals surface area contributed by atoms with E-state index in [2.05, 4.69) is 26.0 Å². The van der Waals surface area contributed by atoms with Crippen LogP contribution in [0, 0.1) is 0 Å². The van der Waals surface area contributed by atoms with Crippen LogP contribution in [0.25, 0.3) is 0 Å². The molecule has 0 aliphatic carbocycles. The molecule has 134 valence electrons. The molecule has 3 rings (SSSR count). The van der Waals surface area contributed by atoms with Crippen molar-refractivity contribution >= 4 is 44.1 Å². The lowest BCUT2D eigenvalue weighted by molar-refractivity contribution is 0.0602. The van der Waals surface area contributed by atoms with E-state index in [0.717, 1.165) is 4.47 Å². The lowest BCUT2D eigenvalue weighted by Crippen LogP contribution is -2.13. The first-order valence-electron chi connectivity index (χ1n) is 7.51. The number of esters is 1. The van der Waals surface area contributed by atoms with E-state index in [-0.39, 0.29) is 12.4 Å². The third kappa shape index (κ3) is 4.33. The van der Waals surface area contributed by atoms with Gasteiger partial charge >= 0.3 is 5.97 Å². The number of carbonyl (C=O) groups excluding carboxylic acids is 2. The quantitative estimate of drug-likeness (QED) is 0.566. The third-order valence-electron chi connectivity index (χ3n) is 3.36. The highest BCUT2D eigenvalue weighted by Gasteiger charge is 2.18. The highest BCUT2D eigenvalue weighted by molar-refractivity contribution is 9.10. The molecule has 1 amide bonds. The fraction of sp³-hybridized carbons (Fsp3) is 0.111. The van der Waals surface area contributed by atoms with Crippen molar-refractivity contribution in [1.82, 2.24) is 0 Å². The average molecular weight is 436 g/mol. The molecule has 2 aromatic heterocycles. The molecule has 0 fully saturated rings. The number of methoxy groups -OCH3 is 1. The molecule has 8 heteroatoms. The van der Waals surface area contributed by atoms with Crippen LogP contribution in [0.2, 0.25) is 0 Å². The predicted octanol–water partition coefficient (Wildman–Crippen LogP) is 4.72. The summed E-state index contributed by atoms with van der Waals surface area (Å²) in [6.45, 7) is 0.191. The molecule has 0 radical (unpaired) electrons. The molecule has 0 unspecified atom stereocenters. The van der Waals surface area contributed by atoms with Crippen molar-refractivity contribution in [3.05, 3.63) is 69.4 Å². The van der Waals surface area contributed by atoms with Gasteiger partial charge in [-0.1, -0.05) is 22.0 Å². The fourth-order valence-electron chi connectivity index (χ4n) is 2.13. The second-order valence-electron chi connectivity index (χ2n) is 5.12. The number of furan rings is 1. The first-order valence-corrected chi connectivity index (χ1v) is 9.18. The van der Waals surface area contributed by atoms with Crippen LogP contribution in [0.1, 0.15) is 26.7 Å². The number of anilines is 1. The van der Waals surface area contributed by atoms with Crippen LogP contribution >= 0.6 is 27.3 Å². The summed E-state index contributed by atoms with van der Waals surface area (Å²) in [6, 6.07) is 12.2. The number of thiophene rings is 1. The van der Waals surface area contributed by atoms with Gasteiger partial charge in [-0.2, -0.15) is 0 Å². The first-order chi connectivity index (χ1) is 12.6. The van der Waals surface area contributed by atoms with E-state index in [1.807, 2.05) is 24.3 Å². The third-order valence-corrected chi connectivity index (χ3v) is 4.68. The van der Waals surface area contributed by atoms with Gasteiger partial charge in [0.2, 0.25) is 0 Å². The number of ether oxygens (including phenoxy) is 2. The van der Waals surface area contributed by atoms with E-state index in [1.54, 1.807) is 23.6 Å². The average Bonchev–Trinajstić information content (AvgIpc) is 3.29. The number of hydrogen-bond acceptors (Lipinski definition) is 6. The van der Waals surface area contributed by atoms with Crippen LogP contribution in [-0.4, -0.2) is 19.0 Å². The largest absolute Gasteiger partial charge is 0.486 e. The smallest absolute Gasteiger partial charge is 0.340 e. The minimum atomic E-state index is -0.510. The lowest BCUT2D eigenvalue weighted by atomic mass is 10.3. The van der Waals surface area contributed by atoms with Crippen molar-refractivity contribution in [2.24, 2.45) is 0 Å². The normalized spacial score (nSPS) is 10.4. The summed E-state index contributed by atoms with van der Waals surface area (Å²) in [5.41, 5.74) is 0.301. The number of nitrogens with one attached hydrogen (secondary N) is 1. The molecular formula is C18H14BrNO5S. The fourth-order valence-corrected chi connectivity index (χ4v) is 3.28. The van der Waals surface area contributed by atoms with Gasteiger partial charge in [-0.3, -0.25) is 4.79 Å². The Morgan fingerprint density at radius 1 is 1.23 bits per heavy atom. The second kappa shape index (κ2) is 8.20. The summed E-state index contributed by atoms with van der Waals surface area (Å²) in [7, 11) is 1.29. The van der Waals surface area contributed by atoms with Gasteiger partial charge in [-0.05, 0) is 41.8 Å². The zero-order valence-electron chi connectivity index (χ0n) is 13.7. The van der Waals surface area contributed by atoms with E-state index in [9.17, 15) is 9.59 Å². The van der Waals surface area contributed by atoms with E-state index in [1.165, 1.54) is 18.4 Å². The van der Waals surface area contributed by atoms with Crippen LogP contribution in [0.15, 0.2) is 56.7 Å². The van der Waals surface area contributed by atoms with Crippen molar-refractivity contribution in [2.75, 3.05) is 12.4 Å². The molecule has 0 saturated carbocycles. The van der Waals surface area contributed by atoms with Crippen molar-refractivity contribution in [2.45, 2.75) is 6.61 Å².